The molecule has 0 aliphatic rings. The van der Waals surface area contributed by atoms with Gasteiger partial charge in [-0.15, -0.1) is 10.2 Å². The monoisotopic (exact) mass is 468 g/mol. The minimum atomic E-state index is -0.312. The maximum Gasteiger partial charge on any atom is 0.296 e. The van der Waals surface area contributed by atoms with Gasteiger partial charge in [-0.05, 0) is 48.9 Å². The second kappa shape index (κ2) is 10.3. The number of nitrogens with one attached hydrogen (secondary N) is 1. The van der Waals surface area contributed by atoms with E-state index in [0.717, 1.165) is 16.9 Å². The van der Waals surface area contributed by atoms with Crippen molar-refractivity contribution in [3.8, 4) is 28.9 Å². The van der Waals surface area contributed by atoms with Crippen LogP contribution in [0.15, 0.2) is 58.2 Å². The summed E-state index contributed by atoms with van der Waals surface area (Å²) >= 11 is 1.25. The van der Waals surface area contributed by atoms with Crippen LogP contribution >= 0.6 is 11.8 Å². The molecule has 11 heteroatoms. The Morgan fingerprint density at radius 3 is 2.61 bits per heavy atom. The van der Waals surface area contributed by atoms with E-state index >= 15 is 0 Å². The van der Waals surface area contributed by atoms with Gasteiger partial charge in [0.05, 0.1) is 12.9 Å². The molecule has 2 aromatic carbocycles. The fourth-order valence-corrected chi connectivity index (χ4v) is 3.83. The molecule has 4 aromatic rings. The molecule has 4 rings (SSSR count). The molecule has 2 aromatic heterocycles. The molecule has 0 aliphatic heterocycles. The first-order chi connectivity index (χ1) is 16.1. The summed E-state index contributed by atoms with van der Waals surface area (Å²) < 4.78 is 25.4. The van der Waals surface area contributed by atoms with Crippen LogP contribution in [0.25, 0.3) is 23.1 Å². The number of halogens is 1. The summed E-state index contributed by atoms with van der Waals surface area (Å²) in [5.74, 6) is 1.50. The summed E-state index contributed by atoms with van der Waals surface area (Å²) in [6.45, 7) is 2.82. The summed E-state index contributed by atoms with van der Waals surface area (Å²) in [6.07, 6.45) is 0. The summed E-state index contributed by atoms with van der Waals surface area (Å²) in [6, 6.07) is 13.3. The van der Waals surface area contributed by atoms with E-state index in [4.69, 9.17) is 9.26 Å². The minimum Gasteiger partial charge on any atom is -0.497 e. The third-order valence-corrected chi connectivity index (χ3v) is 5.70. The maximum atomic E-state index is 13.0. The molecule has 0 unspecified atom stereocenters. The number of carbonyl (C=O) groups excluding carboxylic acids is 1. The van der Waals surface area contributed by atoms with Crippen molar-refractivity contribution in [2.24, 2.45) is 0 Å². The zero-order valence-electron chi connectivity index (χ0n) is 18.0. The van der Waals surface area contributed by atoms with Crippen molar-refractivity contribution < 1.29 is 18.4 Å². The fourth-order valence-electron chi connectivity index (χ4n) is 2.99. The van der Waals surface area contributed by atoms with Crippen LogP contribution < -0.4 is 10.1 Å². The number of benzene rings is 2. The van der Waals surface area contributed by atoms with E-state index in [0.29, 0.717) is 29.9 Å². The number of hydrogen-bond donors (Lipinski definition) is 1. The molecule has 0 saturated carbocycles. The van der Waals surface area contributed by atoms with Gasteiger partial charge in [-0.3, -0.25) is 9.36 Å². The van der Waals surface area contributed by atoms with Gasteiger partial charge in [-0.25, -0.2) is 4.39 Å². The number of thioether (sulfide) groups is 1. The number of methoxy groups -OCH3 is 1. The van der Waals surface area contributed by atoms with E-state index in [1.54, 1.807) is 19.2 Å². The van der Waals surface area contributed by atoms with Crippen molar-refractivity contribution in [2.45, 2.75) is 25.2 Å². The van der Waals surface area contributed by atoms with Gasteiger partial charge in [-0.1, -0.05) is 29.1 Å². The Bertz CT molecular complexity index is 1220. The second-order valence-electron chi connectivity index (χ2n) is 6.89. The van der Waals surface area contributed by atoms with Gasteiger partial charge in [0.15, 0.2) is 5.16 Å². The summed E-state index contributed by atoms with van der Waals surface area (Å²) in [5, 5.41) is 15.8. The molecular formula is C22H21FN6O3S. The van der Waals surface area contributed by atoms with Crippen LogP contribution in [0.3, 0.4) is 0 Å². The van der Waals surface area contributed by atoms with Crippen molar-refractivity contribution in [1.29, 1.82) is 0 Å². The highest BCUT2D eigenvalue weighted by molar-refractivity contribution is 7.99. The van der Waals surface area contributed by atoms with Gasteiger partial charge in [0.25, 0.3) is 5.89 Å². The van der Waals surface area contributed by atoms with Gasteiger partial charge in [0, 0.05) is 18.7 Å². The van der Waals surface area contributed by atoms with Gasteiger partial charge >= 0.3 is 0 Å². The smallest absolute Gasteiger partial charge is 0.296 e. The van der Waals surface area contributed by atoms with E-state index in [1.165, 1.54) is 23.9 Å². The second-order valence-corrected chi connectivity index (χ2v) is 7.84. The zero-order chi connectivity index (χ0) is 23.2. The Kier molecular flexibility index (Phi) is 6.98. The Balaban J connectivity index is 1.40. The number of hydrogen-bond acceptors (Lipinski definition) is 8. The van der Waals surface area contributed by atoms with Crippen LogP contribution in [-0.4, -0.2) is 43.7 Å². The normalized spacial score (nSPS) is 10.9. The lowest BCUT2D eigenvalue weighted by Gasteiger charge is -2.06. The summed E-state index contributed by atoms with van der Waals surface area (Å²) in [5.41, 5.74) is 1.60. The highest BCUT2D eigenvalue weighted by Crippen LogP contribution is 2.26. The third kappa shape index (κ3) is 5.37. The molecule has 0 bridgehead atoms. The molecule has 0 fully saturated rings. The van der Waals surface area contributed by atoms with E-state index < -0.39 is 0 Å². The van der Waals surface area contributed by atoms with Crippen molar-refractivity contribution in [1.82, 2.24) is 30.2 Å². The Morgan fingerprint density at radius 1 is 1.15 bits per heavy atom. The Labute approximate surface area is 193 Å². The van der Waals surface area contributed by atoms with Crippen molar-refractivity contribution in [3.05, 3.63) is 59.9 Å². The minimum absolute atomic E-state index is 0.153. The van der Waals surface area contributed by atoms with Crippen LogP contribution in [0.2, 0.25) is 0 Å². The van der Waals surface area contributed by atoms with Crippen LogP contribution in [0.4, 0.5) is 4.39 Å². The molecular weight excluding hydrogens is 447 g/mol. The third-order valence-electron chi connectivity index (χ3n) is 4.73. The fraction of sp³-hybridized carbons (Fsp3) is 0.227. The first-order valence-corrected chi connectivity index (χ1v) is 11.1. The van der Waals surface area contributed by atoms with Gasteiger partial charge in [-0.2, -0.15) is 4.98 Å². The van der Waals surface area contributed by atoms with Crippen molar-refractivity contribution in [2.75, 3.05) is 12.9 Å². The average molecular weight is 469 g/mol. The maximum absolute atomic E-state index is 13.0. The number of ether oxygens (including phenoxy) is 1. The molecule has 0 aliphatic carbocycles. The Hall–Kier alpha value is -3.73. The SMILES string of the molecule is CCn1c(SCC(=O)NCc2ccc(F)cc2)nnc1-c1nc(-c2ccc(OC)cc2)no1. The predicted octanol–water partition coefficient (Wildman–Crippen LogP) is 3.57. The first kappa shape index (κ1) is 22.5. The highest BCUT2D eigenvalue weighted by atomic mass is 32.2. The molecule has 2 heterocycles. The molecule has 0 saturated heterocycles. The standard InChI is InChI=1S/C22H21FN6O3S/c1-3-29-20(21-25-19(28-32-21)15-6-10-17(31-2)11-7-15)26-27-22(29)33-13-18(30)24-12-14-4-8-16(23)9-5-14/h4-11H,3,12-13H2,1-2H3,(H,24,30). The van der Waals surface area contributed by atoms with Crippen LogP contribution in [0.1, 0.15) is 12.5 Å². The lowest BCUT2D eigenvalue weighted by molar-refractivity contribution is -0.118. The summed E-state index contributed by atoms with van der Waals surface area (Å²) in [7, 11) is 1.60. The molecule has 0 spiro atoms. The molecule has 0 radical (unpaired) electrons. The van der Waals surface area contributed by atoms with Crippen LogP contribution in [-0.2, 0) is 17.9 Å². The van der Waals surface area contributed by atoms with Crippen LogP contribution in [0.5, 0.6) is 5.75 Å². The van der Waals surface area contributed by atoms with E-state index in [2.05, 4.69) is 25.7 Å². The number of amides is 1. The van der Waals surface area contributed by atoms with Gasteiger partial charge < -0.3 is 14.6 Å². The number of aromatic nitrogens is 5. The zero-order valence-corrected chi connectivity index (χ0v) is 18.8. The predicted molar refractivity (Wildman–Crippen MR) is 120 cm³/mol. The quantitative estimate of drug-likeness (QED) is 0.372. The Morgan fingerprint density at radius 2 is 1.91 bits per heavy atom. The summed E-state index contributed by atoms with van der Waals surface area (Å²) in [4.78, 5) is 16.7. The number of carbonyl (C=O) groups is 1. The largest absolute Gasteiger partial charge is 0.497 e. The lowest BCUT2D eigenvalue weighted by atomic mass is 10.2. The van der Waals surface area contributed by atoms with Gasteiger partial charge in [0.2, 0.25) is 17.6 Å². The molecule has 170 valence electrons. The first-order valence-electron chi connectivity index (χ1n) is 10.1. The topological polar surface area (TPSA) is 108 Å². The molecule has 1 N–H and O–H groups in total. The van der Waals surface area contributed by atoms with E-state index in [1.807, 2.05) is 35.8 Å². The van der Waals surface area contributed by atoms with Crippen molar-refractivity contribution >= 4 is 17.7 Å². The van der Waals surface area contributed by atoms with Gasteiger partial charge in [0.1, 0.15) is 11.6 Å². The molecule has 9 nitrogen and oxygen atoms in total. The number of nitrogens with zero attached hydrogens (tertiary/aromatic N) is 5. The van der Waals surface area contributed by atoms with E-state index in [-0.39, 0.29) is 23.4 Å². The molecule has 0 atom stereocenters. The average Bonchev–Trinajstić information content (AvgIpc) is 3.49. The highest BCUT2D eigenvalue weighted by Gasteiger charge is 2.20. The lowest BCUT2D eigenvalue weighted by Crippen LogP contribution is -2.24. The molecule has 33 heavy (non-hydrogen) atoms. The van der Waals surface area contributed by atoms with Crippen molar-refractivity contribution in [3.63, 3.8) is 0 Å². The van der Waals surface area contributed by atoms with Crippen LogP contribution in [0, 0.1) is 5.82 Å². The number of rotatable bonds is 9. The van der Waals surface area contributed by atoms with E-state index in [9.17, 15) is 9.18 Å². The molecule has 1 amide bonds.